The lowest BCUT2D eigenvalue weighted by atomic mass is 9.86. The molecule has 2 aromatic carbocycles. The number of benzene rings is 2. The Bertz CT molecular complexity index is 1320. The van der Waals surface area contributed by atoms with Gasteiger partial charge in [-0.25, -0.2) is 14.4 Å². The summed E-state index contributed by atoms with van der Waals surface area (Å²) in [5.41, 5.74) is 7.58. The summed E-state index contributed by atoms with van der Waals surface area (Å²) >= 11 is 0. The van der Waals surface area contributed by atoms with E-state index in [1.807, 2.05) is 6.07 Å². The second kappa shape index (κ2) is 14.6. The first kappa shape index (κ1) is 34.4. The van der Waals surface area contributed by atoms with Gasteiger partial charge in [0.15, 0.2) is 5.66 Å². The van der Waals surface area contributed by atoms with Crippen LogP contribution in [-0.4, -0.2) is 71.1 Å². The first-order valence-electron chi connectivity index (χ1n) is 14.5. The fourth-order valence-electron chi connectivity index (χ4n) is 4.87. The first-order valence-corrected chi connectivity index (χ1v) is 14.5. The van der Waals surface area contributed by atoms with Gasteiger partial charge in [0.25, 0.3) is 0 Å². The van der Waals surface area contributed by atoms with Crippen LogP contribution >= 0.6 is 0 Å². The average molecular weight is 611 g/mol. The van der Waals surface area contributed by atoms with Crippen molar-refractivity contribution in [2.45, 2.75) is 82.3 Å². The summed E-state index contributed by atoms with van der Waals surface area (Å²) in [6.45, 7) is 5.19. The SMILES string of the molecule is COC(=O)[C@@](Cc1ccccc1)(C(=O)OC(C)(C)C)N(C(=O)CCC(N)(N)C(=O)OCc1ccccc1)C(=O)[C@@H]1CCCN1. The van der Waals surface area contributed by atoms with E-state index in [0.29, 0.717) is 35.4 Å². The molecule has 0 aliphatic carbocycles. The van der Waals surface area contributed by atoms with E-state index < -0.39 is 71.8 Å². The van der Waals surface area contributed by atoms with Gasteiger partial charge in [-0.15, -0.1) is 0 Å². The number of nitrogens with zero attached hydrogens (tertiary/aromatic N) is 1. The van der Waals surface area contributed by atoms with Crippen molar-refractivity contribution in [2.75, 3.05) is 13.7 Å². The third-order valence-corrected chi connectivity index (χ3v) is 7.12. The van der Waals surface area contributed by atoms with Gasteiger partial charge >= 0.3 is 17.9 Å². The van der Waals surface area contributed by atoms with E-state index in [1.54, 1.807) is 75.4 Å². The van der Waals surface area contributed by atoms with Gasteiger partial charge in [-0.3, -0.25) is 14.5 Å². The van der Waals surface area contributed by atoms with E-state index in [4.69, 9.17) is 25.7 Å². The van der Waals surface area contributed by atoms with E-state index in [9.17, 15) is 24.0 Å². The number of imide groups is 1. The number of amides is 2. The van der Waals surface area contributed by atoms with Crippen LogP contribution in [0.1, 0.15) is 57.6 Å². The number of carbonyl (C=O) groups excluding carboxylic acids is 5. The molecule has 1 aliphatic heterocycles. The minimum Gasteiger partial charge on any atom is -0.467 e. The molecule has 44 heavy (non-hydrogen) atoms. The van der Waals surface area contributed by atoms with Crippen molar-refractivity contribution in [1.29, 1.82) is 0 Å². The van der Waals surface area contributed by atoms with Gasteiger partial charge in [0.05, 0.1) is 13.2 Å². The zero-order valence-electron chi connectivity index (χ0n) is 25.7. The smallest absolute Gasteiger partial charge is 0.345 e. The molecule has 3 rings (SSSR count). The molecule has 1 saturated heterocycles. The highest BCUT2D eigenvalue weighted by Gasteiger charge is 2.59. The van der Waals surface area contributed by atoms with Crippen LogP contribution in [0.25, 0.3) is 0 Å². The standard InChI is InChI=1S/C32H42N4O8/c1-30(2,3)44-28(40)31(27(39)42-4,20-22-12-7-5-8-13-22)36(26(38)24-16-11-19-35-24)25(37)17-18-32(33,34)29(41)43-21-23-14-9-6-10-15-23/h5-10,12-15,24,35H,11,16-21,33-34H2,1-4H3/t24-,31-/m0/s1. The van der Waals surface area contributed by atoms with E-state index in [1.165, 1.54) is 0 Å². The minimum absolute atomic E-state index is 0.0943. The molecule has 1 aliphatic rings. The Hall–Kier alpha value is -4.13. The van der Waals surface area contributed by atoms with Crippen molar-refractivity contribution in [3.63, 3.8) is 0 Å². The molecule has 0 saturated carbocycles. The molecule has 2 aromatic rings. The van der Waals surface area contributed by atoms with Crippen molar-refractivity contribution >= 4 is 29.7 Å². The average Bonchev–Trinajstić information content (AvgIpc) is 3.53. The molecule has 238 valence electrons. The van der Waals surface area contributed by atoms with Crippen molar-refractivity contribution < 1.29 is 38.2 Å². The topological polar surface area (TPSA) is 180 Å². The molecule has 0 unspecified atom stereocenters. The molecular weight excluding hydrogens is 568 g/mol. The Balaban J connectivity index is 2.01. The van der Waals surface area contributed by atoms with Crippen LogP contribution in [0.5, 0.6) is 0 Å². The third-order valence-electron chi connectivity index (χ3n) is 7.12. The largest absolute Gasteiger partial charge is 0.467 e. The number of ether oxygens (including phenoxy) is 3. The van der Waals surface area contributed by atoms with Gasteiger partial charge in [0, 0.05) is 12.8 Å². The molecule has 0 aromatic heterocycles. The lowest BCUT2D eigenvalue weighted by Crippen LogP contribution is -2.69. The Morgan fingerprint density at radius 2 is 1.48 bits per heavy atom. The molecule has 1 heterocycles. The van der Waals surface area contributed by atoms with Crippen LogP contribution in [0, 0.1) is 0 Å². The molecule has 12 heteroatoms. The molecule has 12 nitrogen and oxygen atoms in total. The van der Waals surface area contributed by atoms with Gasteiger partial charge < -0.3 is 31.0 Å². The normalized spacial score (nSPS) is 16.4. The summed E-state index contributed by atoms with van der Waals surface area (Å²) in [6, 6.07) is 16.4. The molecule has 2 atom stereocenters. The Kier molecular flexibility index (Phi) is 11.4. The lowest BCUT2D eigenvalue weighted by Gasteiger charge is -2.41. The summed E-state index contributed by atoms with van der Waals surface area (Å²) in [4.78, 5) is 69.5. The Labute approximate surface area is 257 Å². The molecule has 2 amide bonds. The van der Waals surface area contributed by atoms with Crippen molar-refractivity contribution in [2.24, 2.45) is 11.5 Å². The molecule has 0 radical (unpaired) electrons. The van der Waals surface area contributed by atoms with Crippen LogP contribution in [0.2, 0.25) is 0 Å². The predicted molar refractivity (Wildman–Crippen MR) is 160 cm³/mol. The van der Waals surface area contributed by atoms with Gasteiger partial charge in [-0.2, -0.15) is 0 Å². The summed E-state index contributed by atoms with van der Waals surface area (Å²) in [7, 11) is 1.06. The maximum Gasteiger partial charge on any atom is 0.345 e. The lowest BCUT2D eigenvalue weighted by molar-refractivity contribution is -0.188. The fraction of sp³-hybridized carbons (Fsp3) is 0.469. The Morgan fingerprint density at radius 3 is 2.00 bits per heavy atom. The maximum atomic E-state index is 14.1. The van der Waals surface area contributed by atoms with E-state index in [0.717, 1.165) is 7.11 Å². The van der Waals surface area contributed by atoms with Gasteiger partial charge in [-0.05, 0) is 57.7 Å². The monoisotopic (exact) mass is 610 g/mol. The van der Waals surface area contributed by atoms with Gasteiger partial charge in [-0.1, -0.05) is 60.7 Å². The number of nitrogens with one attached hydrogen (secondary N) is 1. The zero-order valence-corrected chi connectivity index (χ0v) is 25.7. The Morgan fingerprint density at radius 1 is 0.886 bits per heavy atom. The zero-order chi connectivity index (χ0) is 32.5. The second-order valence-corrected chi connectivity index (χ2v) is 11.8. The fourth-order valence-corrected chi connectivity index (χ4v) is 4.87. The third kappa shape index (κ3) is 8.49. The molecule has 0 bridgehead atoms. The number of carbonyl (C=O) groups is 5. The van der Waals surface area contributed by atoms with Crippen LogP contribution < -0.4 is 16.8 Å². The summed E-state index contributed by atoms with van der Waals surface area (Å²) in [5.74, 6) is -5.06. The highest BCUT2D eigenvalue weighted by atomic mass is 16.6. The van der Waals surface area contributed by atoms with Gasteiger partial charge in [0.1, 0.15) is 12.2 Å². The quantitative estimate of drug-likeness (QED) is 0.138. The van der Waals surface area contributed by atoms with Gasteiger partial charge in [0.2, 0.25) is 17.4 Å². The summed E-state index contributed by atoms with van der Waals surface area (Å²) in [6.07, 6.45) is -0.463. The number of esters is 3. The maximum absolute atomic E-state index is 14.1. The second-order valence-electron chi connectivity index (χ2n) is 11.8. The molecule has 1 fully saturated rings. The van der Waals surface area contributed by atoms with Crippen LogP contribution in [-0.2, 0) is 51.2 Å². The van der Waals surface area contributed by atoms with Crippen LogP contribution in [0.15, 0.2) is 60.7 Å². The van der Waals surface area contributed by atoms with Crippen LogP contribution in [0.3, 0.4) is 0 Å². The van der Waals surface area contributed by atoms with Crippen molar-refractivity contribution in [1.82, 2.24) is 10.2 Å². The van der Waals surface area contributed by atoms with Crippen LogP contribution in [0.4, 0.5) is 0 Å². The molecule has 5 N–H and O–H groups in total. The highest BCUT2D eigenvalue weighted by molar-refractivity contribution is 6.14. The van der Waals surface area contributed by atoms with E-state index in [2.05, 4.69) is 5.32 Å². The number of methoxy groups -OCH3 is 1. The van der Waals surface area contributed by atoms with E-state index >= 15 is 0 Å². The first-order chi connectivity index (χ1) is 20.7. The summed E-state index contributed by atoms with van der Waals surface area (Å²) < 4.78 is 16.0. The number of hydrogen-bond acceptors (Lipinski definition) is 11. The number of hydrogen-bond donors (Lipinski definition) is 3. The summed E-state index contributed by atoms with van der Waals surface area (Å²) in [5, 5.41) is 3.02. The molecular formula is C32H42N4O8. The number of rotatable bonds is 12. The van der Waals surface area contributed by atoms with Crippen molar-refractivity contribution in [3.05, 3.63) is 71.8 Å². The van der Waals surface area contributed by atoms with E-state index in [-0.39, 0.29) is 6.61 Å². The highest BCUT2D eigenvalue weighted by Crippen LogP contribution is 2.31. The van der Waals surface area contributed by atoms with Crippen molar-refractivity contribution in [3.8, 4) is 0 Å². The minimum atomic E-state index is -2.54. The number of nitrogens with two attached hydrogens (primary N) is 2. The predicted octanol–water partition coefficient (Wildman–Crippen LogP) is 1.73. The molecule has 0 spiro atoms.